The summed E-state index contributed by atoms with van der Waals surface area (Å²) in [6.07, 6.45) is 2.07. The van der Waals surface area contributed by atoms with Crippen molar-refractivity contribution in [2.45, 2.75) is 0 Å². The molecule has 136 valence electrons. The predicted octanol–water partition coefficient (Wildman–Crippen LogP) is 4.55. The summed E-state index contributed by atoms with van der Waals surface area (Å²) in [6, 6.07) is 38.8. The Morgan fingerprint density at radius 3 is 1.43 bits per heavy atom. The van der Waals surface area contributed by atoms with Crippen molar-refractivity contribution in [3.8, 4) is 0 Å². The van der Waals surface area contributed by atoms with Crippen LogP contribution < -0.4 is 15.6 Å². The van der Waals surface area contributed by atoms with E-state index < -0.39 is 8.07 Å². The molecule has 0 N–H and O–H groups in total. The molecule has 4 aromatic carbocycles. The lowest BCUT2D eigenvalue weighted by Gasteiger charge is -2.30. The molecule has 28 heavy (non-hydrogen) atoms. The van der Waals surface area contributed by atoms with Crippen LogP contribution in [0.1, 0.15) is 5.56 Å². The zero-order valence-electron chi connectivity index (χ0n) is 15.5. The standard InChI is InChI=1S/C26H21FSi/c27-23-12-10-11-22(21-23)19-20-28(24-13-4-1-5-14-24,25-15-6-2-7-16-25)26-17-8-3-9-18-26/h1-21H. The lowest BCUT2D eigenvalue weighted by Crippen LogP contribution is -2.66. The van der Waals surface area contributed by atoms with Gasteiger partial charge in [0.15, 0.2) is 8.07 Å². The van der Waals surface area contributed by atoms with Gasteiger partial charge in [-0.3, -0.25) is 0 Å². The highest BCUT2D eigenvalue weighted by atomic mass is 28.3. The molecule has 4 rings (SSSR count). The van der Waals surface area contributed by atoms with Gasteiger partial charge >= 0.3 is 0 Å². The number of halogens is 1. The van der Waals surface area contributed by atoms with Crippen molar-refractivity contribution in [1.29, 1.82) is 0 Å². The van der Waals surface area contributed by atoms with Gasteiger partial charge in [0, 0.05) is 0 Å². The molecule has 4 aromatic rings. The molecule has 0 unspecified atom stereocenters. The van der Waals surface area contributed by atoms with Gasteiger partial charge in [-0.2, -0.15) is 0 Å². The Labute approximate surface area is 166 Å². The fourth-order valence-electron chi connectivity index (χ4n) is 3.72. The number of benzene rings is 4. The molecular weight excluding hydrogens is 359 g/mol. The van der Waals surface area contributed by atoms with Gasteiger partial charge in [-0.1, -0.05) is 115 Å². The van der Waals surface area contributed by atoms with Crippen LogP contribution in [0.5, 0.6) is 0 Å². The van der Waals surface area contributed by atoms with E-state index in [0.29, 0.717) is 0 Å². The quantitative estimate of drug-likeness (QED) is 0.352. The third-order valence-corrected chi connectivity index (χ3v) is 9.46. The summed E-state index contributed by atoms with van der Waals surface area (Å²) in [5.41, 5.74) is 3.20. The van der Waals surface area contributed by atoms with E-state index in [1.54, 1.807) is 12.1 Å². The van der Waals surface area contributed by atoms with Gasteiger partial charge in [0.25, 0.3) is 0 Å². The SMILES string of the molecule is Fc1cccc(C=C[Si](c2ccccc2)(c2ccccc2)c2ccccc2)c1. The van der Waals surface area contributed by atoms with Crippen molar-refractivity contribution in [3.63, 3.8) is 0 Å². The second-order valence-corrected chi connectivity index (χ2v) is 10.5. The number of hydrogen-bond donors (Lipinski definition) is 0. The van der Waals surface area contributed by atoms with E-state index in [1.165, 1.54) is 21.6 Å². The molecule has 0 nitrogen and oxygen atoms in total. The molecule has 0 amide bonds. The van der Waals surface area contributed by atoms with Gasteiger partial charge in [0.05, 0.1) is 0 Å². The van der Waals surface area contributed by atoms with Crippen LogP contribution in [0.25, 0.3) is 6.08 Å². The Bertz CT molecular complexity index is 960. The van der Waals surface area contributed by atoms with Gasteiger partial charge in [0.1, 0.15) is 5.82 Å². The first-order chi connectivity index (χ1) is 13.8. The summed E-state index contributed by atoms with van der Waals surface area (Å²) in [5, 5.41) is 3.92. The zero-order valence-corrected chi connectivity index (χ0v) is 16.5. The molecule has 0 fully saturated rings. The topological polar surface area (TPSA) is 0 Å². The van der Waals surface area contributed by atoms with E-state index in [9.17, 15) is 4.39 Å². The van der Waals surface area contributed by atoms with E-state index >= 15 is 0 Å². The van der Waals surface area contributed by atoms with Crippen LogP contribution in [0.4, 0.5) is 4.39 Å². The Morgan fingerprint density at radius 2 is 1.00 bits per heavy atom. The zero-order chi connectivity index (χ0) is 19.2. The average Bonchev–Trinajstić information content (AvgIpc) is 2.77. The van der Waals surface area contributed by atoms with E-state index in [-0.39, 0.29) is 5.82 Å². The maximum atomic E-state index is 13.7. The van der Waals surface area contributed by atoms with Crippen LogP contribution in [-0.2, 0) is 0 Å². The van der Waals surface area contributed by atoms with Crippen LogP contribution in [0.3, 0.4) is 0 Å². The molecule has 0 spiro atoms. The van der Waals surface area contributed by atoms with Gasteiger partial charge in [0.2, 0.25) is 0 Å². The molecule has 0 aliphatic carbocycles. The van der Waals surface area contributed by atoms with E-state index in [4.69, 9.17) is 0 Å². The number of rotatable bonds is 5. The molecule has 0 aliphatic heterocycles. The Kier molecular flexibility index (Phi) is 5.31. The third-order valence-electron chi connectivity index (χ3n) is 5.06. The van der Waals surface area contributed by atoms with Crippen LogP contribution in [-0.4, -0.2) is 8.07 Å². The summed E-state index contributed by atoms with van der Waals surface area (Å²) < 4.78 is 13.7. The van der Waals surface area contributed by atoms with Crippen molar-refractivity contribution < 1.29 is 4.39 Å². The summed E-state index contributed by atoms with van der Waals surface area (Å²) in [4.78, 5) is 0. The summed E-state index contributed by atoms with van der Waals surface area (Å²) in [5.74, 6) is -0.214. The maximum absolute atomic E-state index is 13.7. The van der Waals surface area contributed by atoms with Gasteiger partial charge in [-0.15, -0.1) is 0 Å². The first-order valence-corrected chi connectivity index (χ1v) is 11.5. The minimum absolute atomic E-state index is 0.214. The maximum Gasteiger partial charge on any atom is 0.172 e. The molecule has 0 aromatic heterocycles. The van der Waals surface area contributed by atoms with Gasteiger partial charge in [-0.05, 0) is 33.3 Å². The van der Waals surface area contributed by atoms with Gasteiger partial charge < -0.3 is 0 Å². The van der Waals surface area contributed by atoms with E-state index in [2.05, 4.69) is 103 Å². The smallest absolute Gasteiger partial charge is 0.172 e. The molecule has 0 radical (unpaired) electrons. The monoisotopic (exact) mass is 380 g/mol. The Hall–Kier alpha value is -3.23. The van der Waals surface area contributed by atoms with Crippen molar-refractivity contribution in [2.24, 2.45) is 0 Å². The van der Waals surface area contributed by atoms with E-state index in [0.717, 1.165) is 5.56 Å². The van der Waals surface area contributed by atoms with Crippen molar-refractivity contribution in [3.05, 3.63) is 132 Å². The minimum atomic E-state index is -2.43. The van der Waals surface area contributed by atoms with E-state index in [1.807, 2.05) is 6.07 Å². The highest BCUT2D eigenvalue weighted by Crippen LogP contribution is 2.13. The van der Waals surface area contributed by atoms with Crippen LogP contribution in [0, 0.1) is 5.82 Å². The lowest BCUT2D eigenvalue weighted by molar-refractivity contribution is 0.627. The lowest BCUT2D eigenvalue weighted by atomic mass is 10.2. The molecule has 0 bridgehead atoms. The fourth-order valence-corrected chi connectivity index (χ4v) is 7.90. The van der Waals surface area contributed by atoms with Crippen molar-refractivity contribution in [2.75, 3.05) is 0 Å². The fraction of sp³-hybridized carbons (Fsp3) is 0. The van der Waals surface area contributed by atoms with Crippen molar-refractivity contribution in [1.82, 2.24) is 0 Å². The Morgan fingerprint density at radius 1 is 0.536 bits per heavy atom. The Balaban J connectivity index is 1.98. The summed E-state index contributed by atoms with van der Waals surface area (Å²) >= 11 is 0. The normalized spacial score (nSPS) is 11.6. The molecule has 0 saturated carbocycles. The molecular formula is C26H21FSi. The van der Waals surface area contributed by atoms with Crippen molar-refractivity contribution >= 4 is 29.7 Å². The highest BCUT2D eigenvalue weighted by molar-refractivity contribution is 7.15. The molecule has 0 saturated heterocycles. The summed E-state index contributed by atoms with van der Waals surface area (Å²) in [7, 11) is -2.43. The second-order valence-electron chi connectivity index (χ2n) is 6.79. The second kappa shape index (κ2) is 8.20. The predicted molar refractivity (Wildman–Crippen MR) is 119 cm³/mol. The first kappa shape index (κ1) is 18.1. The molecule has 0 aliphatic rings. The third kappa shape index (κ3) is 3.60. The summed E-state index contributed by atoms with van der Waals surface area (Å²) in [6.45, 7) is 0. The number of hydrogen-bond acceptors (Lipinski definition) is 0. The highest BCUT2D eigenvalue weighted by Gasteiger charge is 2.36. The minimum Gasteiger partial charge on any atom is -0.207 e. The molecule has 0 heterocycles. The van der Waals surface area contributed by atoms with Crippen LogP contribution in [0.2, 0.25) is 0 Å². The van der Waals surface area contributed by atoms with Crippen LogP contribution >= 0.6 is 0 Å². The first-order valence-electron chi connectivity index (χ1n) is 9.40. The molecule has 0 atom stereocenters. The van der Waals surface area contributed by atoms with Crippen LogP contribution in [0.15, 0.2) is 121 Å². The largest absolute Gasteiger partial charge is 0.207 e. The van der Waals surface area contributed by atoms with Gasteiger partial charge in [-0.25, -0.2) is 4.39 Å². The average molecular weight is 381 g/mol. The molecule has 2 heteroatoms.